The highest BCUT2D eigenvalue weighted by atomic mass is 32.7. The molecule has 5 N–H and O–H groups in total. The predicted octanol–water partition coefficient (Wildman–Crippen LogP) is 1.16. The van der Waals surface area contributed by atoms with Crippen LogP contribution in [0.4, 0.5) is 14.7 Å². The van der Waals surface area contributed by atoms with Crippen molar-refractivity contribution in [2.75, 3.05) is 18.9 Å². The van der Waals surface area contributed by atoms with Gasteiger partial charge >= 0.3 is 6.80 Å². The number of nitrogens with zero attached hydrogens (tertiary/aromatic N) is 6. The van der Waals surface area contributed by atoms with Crippen molar-refractivity contribution in [3.05, 3.63) is 39.3 Å². The molecule has 6 rings (SSSR count). The first kappa shape index (κ1) is 32.6. The Kier molecular flexibility index (Phi) is 9.20. The van der Waals surface area contributed by atoms with Gasteiger partial charge in [0.25, 0.3) is 11.1 Å². The topological polar surface area (TPSA) is 244 Å². The molecule has 6 heterocycles. The maximum absolute atomic E-state index is 15.7. The fourth-order valence-electron chi connectivity index (χ4n) is 5.03. The van der Waals surface area contributed by atoms with Crippen molar-refractivity contribution in [3.8, 4) is 0 Å². The van der Waals surface area contributed by atoms with Gasteiger partial charge in [0, 0.05) is 6.20 Å². The van der Waals surface area contributed by atoms with E-state index in [9.17, 15) is 23.8 Å². The number of aliphatic hydroxyl groups excluding tert-OH is 1. The number of fused-ring (bicyclic) bond motifs is 2. The lowest BCUT2D eigenvalue weighted by atomic mass is 10.1. The monoisotopic (exact) mass is 729 g/mol. The molecule has 18 nitrogen and oxygen atoms in total. The Labute approximate surface area is 264 Å². The first-order valence-corrected chi connectivity index (χ1v) is 19.0. The molecule has 2 fully saturated rings. The van der Waals surface area contributed by atoms with Gasteiger partial charge < -0.3 is 29.7 Å². The highest BCUT2D eigenvalue weighted by Crippen LogP contribution is 2.59. The predicted molar refractivity (Wildman–Crippen MR) is 162 cm³/mol. The zero-order valence-electron chi connectivity index (χ0n) is 22.2. The van der Waals surface area contributed by atoms with Gasteiger partial charge in [0.2, 0.25) is 13.2 Å². The summed E-state index contributed by atoms with van der Waals surface area (Å²) in [6.45, 7) is -5.87. The zero-order chi connectivity index (χ0) is 32.2. The molecule has 2 saturated heterocycles. The van der Waals surface area contributed by atoms with E-state index in [-0.39, 0.29) is 28.1 Å². The van der Waals surface area contributed by atoms with Gasteiger partial charge in [0.1, 0.15) is 35.5 Å². The lowest BCUT2D eigenvalue weighted by Crippen LogP contribution is -2.33. The van der Waals surface area contributed by atoms with Crippen molar-refractivity contribution < 1.29 is 41.3 Å². The lowest BCUT2D eigenvalue weighted by Gasteiger charge is -2.25. The van der Waals surface area contributed by atoms with Gasteiger partial charge in [-0.1, -0.05) is 29.7 Å². The molecule has 0 spiro atoms. The molecular weight excluding hydrogens is 706 g/mol. The molecule has 0 radical (unpaired) electrons. The van der Waals surface area contributed by atoms with E-state index >= 15 is 8.78 Å². The molecule has 45 heavy (non-hydrogen) atoms. The molecule has 0 aromatic carbocycles. The number of aromatic nitrogens is 8. The van der Waals surface area contributed by atoms with Crippen LogP contribution in [0.25, 0.3) is 22.2 Å². The van der Waals surface area contributed by atoms with E-state index in [1.807, 2.05) is 0 Å². The molecule has 25 heteroatoms. The summed E-state index contributed by atoms with van der Waals surface area (Å²) < 4.78 is 80.6. The highest BCUT2D eigenvalue weighted by Gasteiger charge is 2.52. The number of rotatable bonds is 10. The van der Waals surface area contributed by atoms with E-state index in [2.05, 4.69) is 54.7 Å². The van der Waals surface area contributed by atoms with Gasteiger partial charge in [-0.15, -0.1) is 16.9 Å². The quantitative estimate of drug-likeness (QED) is 0.0991. The number of nitrogens with two attached hydrogens (primary N) is 1. The lowest BCUT2D eigenvalue weighted by molar-refractivity contribution is -0.0411. The standard InChI is InChI=1S/C20H23F2N9O9P2S3/c21-9-8(3-32)45-19(31-15-11(28-29-31)17(34)27-20(23)26-15)13(9)40-42(36,44)37-4-7-12(39-41(35)43)10(22)18(38-7)30-2-1-6-14(30)24-5-25-16(6)33/h1-2,5,7-10,12-13,18-19,32,41H,3-4H2,(H,35,43)(H,36,44)(H,24,25,33)(H3,23,26,27,34)/t7-,8-,9-,10+,12-,13-,18-,19-,42?/m1/s1. The van der Waals surface area contributed by atoms with Crippen LogP contribution < -0.4 is 16.9 Å². The maximum atomic E-state index is 15.7. The molecule has 4 aromatic rings. The van der Waals surface area contributed by atoms with Crippen LogP contribution in [-0.4, -0.2) is 93.7 Å². The Morgan fingerprint density at radius 3 is 2.76 bits per heavy atom. The van der Waals surface area contributed by atoms with Gasteiger partial charge in [-0.2, -0.15) is 4.98 Å². The number of hydrogen-bond donors (Lipinski definition) is 6. The van der Waals surface area contributed by atoms with E-state index in [1.54, 1.807) is 0 Å². The number of aliphatic hydroxyl groups is 1. The summed E-state index contributed by atoms with van der Waals surface area (Å²) in [5, 5.41) is 15.2. The summed E-state index contributed by atoms with van der Waals surface area (Å²) in [4.78, 5) is 37.0. The van der Waals surface area contributed by atoms with Crippen LogP contribution in [0, 0.1) is 0 Å². The Bertz CT molecular complexity index is 1930. The van der Waals surface area contributed by atoms with Crippen molar-refractivity contribution in [2.45, 2.75) is 47.5 Å². The summed E-state index contributed by atoms with van der Waals surface area (Å²) in [6, 6.07) is 1.40. The van der Waals surface area contributed by atoms with Gasteiger partial charge in [0.05, 0.1) is 30.2 Å². The molecule has 244 valence electrons. The summed E-state index contributed by atoms with van der Waals surface area (Å²) in [7, 11) is -3.03. The molecular formula is C20H23F2N9O9P2S3. The van der Waals surface area contributed by atoms with E-state index in [1.165, 1.54) is 16.8 Å². The Hall–Kier alpha value is -2.33. The van der Waals surface area contributed by atoms with Crippen LogP contribution >= 0.6 is 50.3 Å². The van der Waals surface area contributed by atoms with E-state index < -0.39 is 85.9 Å². The third-order valence-corrected chi connectivity index (χ3v) is 10.9. The van der Waals surface area contributed by atoms with Crippen molar-refractivity contribution in [1.29, 1.82) is 0 Å². The smallest absolute Gasteiger partial charge is 0.386 e. The van der Waals surface area contributed by atoms with Crippen molar-refractivity contribution in [1.82, 2.24) is 39.5 Å². The molecule has 0 aliphatic carbocycles. The summed E-state index contributed by atoms with van der Waals surface area (Å²) in [5.41, 5.74) is 4.20. The highest BCUT2D eigenvalue weighted by molar-refractivity contribution is 8.44. The summed E-state index contributed by atoms with van der Waals surface area (Å²) in [6.07, 6.45) is -7.44. The number of thioether (sulfide) groups is 1. The number of halogens is 2. The zero-order valence-corrected chi connectivity index (χ0v) is 26.7. The second-order valence-corrected chi connectivity index (χ2v) is 15.8. The number of hydrogen-bond acceptors (Lipinski definition) is 15. The van der Waals surface area contributed by atoms with E-state index in [4.69, 9.17) is 24.0 Å². The minimum absolute atomic E-state index is 0.0875. The number of ether oxygens (including phenoxy) is 1. The van der Waals surface area contributed by atoms with Crippen LogP contribution in [0.15, 0.2) is 28.2 Å². The molecule has 2 unspecified atom stereocenters. The SMILES string of the molecule is Nc1nc2c(nnn2[C@@H]2S[C@H](CO)[C@@H](F)[C@H]2OP(=O)(S)OC[C@H]2O[C@@H](n3ccc4c(=O)[nH]cnc43)[C@@H](F)[C@@H]2O[PH](=O)S)c(=O)[nH]1. The van der Waals surface area contributed by atoms with Crippen LogP contribution in [0.2, 0.25) is 0 Å². The third kappa shape index (κ3) is 6.22. The van der Waals surface area contributed by atoms with Gasteiger partial charge in [0.15, 0.2) is 23.6 Å². The Balaban J connectivity index is 1.23. The van der Waals surface area contributed by atoms with Crippen LogP contribution in [0.5, 0.6) is 0 Å². The van der Waals surface area contributed by atoms with Gasteiger partial charge in [-0.3, -0.25) is 28.2 Å². The van der Waals surface area contributed by atoms with Crippen molar-refractivity contribution >= 4 is 78.4 Å². The molecule has 10 atom stereocenters. The molecule has 2 aliphatic heterocycles. The Morgan fingerprint density at radius 1 is 1.24 bits per heavy atom. The first-order chi connectivity index (χ1) is 21.4. The van der Waals surface area contributed by atoms with Crippen LogP contribution in [0.1, 0.15) is 11.6 Å². The largest absolute Gasteiger partial charge is 0.395 e. The number of nitrogen functional groups attached to an aromatic ring is 1. The molecule has 0 amide bonds. The van der Waals surface area contributed by atoms with E-state index in [0.29, 0.717) is 0 Å². The number of nitrogens with one attached hydrogen (secondary N) is 2. The van der Waals surface area contributed by atoms with Gasteiger partial charge in [-0.05, 0) is 6.07 Å². The number of anilines is 1. The Morgan fingerprint density at radius 2 is 2.02 bits per heavy atom. The normalized spacial score (nSPS) is 30.7. The second-order valence-electron chi connectivity index (χ2n) is 9.73. The minimum atomic E-state index is -4.52. The third-order valence-electron chi connectivity index (χ3n) is 6.99. The number of aromatic amines is 2. The van der Waals surface area contributed by atoms with Gasteiger partial charge in [-0.25, -0.2) is 23.0 Å². The number of H-pyrrole nitrogens is 2. The molecule has 0 bridgehead atoms. The fourth-order valence-corrected chi connectivity index (χ4v) is 8.82. The van der Waals surface area contributed by atoms with Crippen LogP contribution in [0.3, 0.4) is 0 Å². The molecule has 2 aliphatic rings. The molecule has 4 aromatic heterocycles. The fraction of sp³-hybridized carbons (Fsp3) is 0.500. The minimum Gasteiger partial charge on any atom is -0.395 e. The van der Waals surface area contributed by atoms with E-state index in [0.717, 1.165) is 22.8 Å². The average Bonchev–Trinajstić information content (AvgIpc) is 3.73. The van der Waals surface area contributed by atoms with Crippen LogP contribution in [-0.2, 0) is 27.4 Å². The van der Waals surface area contributed by atoms with Crippen molar-refractivity contribution in [2.24, 2.45) is 0 Å². The van der Waals surface area contributed by atoms with Crippen molar-refractivity contribution in [3.63, 3.8) is 0 Å². The maximum Gasteiger partial charge on any atom is 0.386 e. The first-order valence-electron chi connectivity index (χ1n) is 12.8. The number of alkyl halides is 2. The summed E-state index contributed by atoms with van der Waals surface area (Å²) >= 11 is 8.54. The summed E-state index contributed by atoms with van der Waals surface area (Å²) in [5.74, 6) is -0.271. The average molecular weight is 730 g/mol. The molecule has 0 saturated carbocycles. The number of thiol groups is 2. The second kappa shape index (κ2) is 12.7.